The third-order valence-electron chi connectivity index (χ3n) is 6.40. The maximum Gasteiger partial charge on any atom is 0.223 e. The lowest BCUT2D eigenvalue weighted by Gasteiger charge is -2.23. The van der Waals surface area contributed by atoms with Gasteiger partial charge in [-0.15, -0.1) is 0 Å². The van der Waals surface area contributed by atoms with E-state index in [0.717, 1.165) is 49.1 Å². The number of hydrogen-bond donors (Lipinski definition) is 0. The largest absolute Gasteiger partial charge is 0.356 e. The van der Waals surface area contributed by atoms with E-state index in [1.54, 1.807) is 6.33 Å². The maximum atomic E-state index is 12.6. The molecule has 2 heterocycles. The minimum absolute atomic E-state index is 0.286. The summed E-state index contributed by atoms with van der Waals surface area (Å²) in [6.07, 6.45) is 7.94. The Morgan fingerprint density at radius 2 is 1.87 bits per heavy atom. The minimum atomic E-state index is 0.286. The number of rotatable bonds is 7. The summed E-state index contributed by atoms with van der Waals surface area (Å²) in [7, 11) is 0. The molecule has 0 bridgehead atoms. The molecule has 5 rings (SSSR count). The van der Waals surface area contributed by atoms with Gasteiger partial charge in [0, 0.05) is 37.5 Å². The molecule has 5 nitrogen and oxygen atoms in total. The molecule has 1 amide bonds. The molecular weight excluding hydrogens is 384 g/mol. The quantitative estimate of drug-likeness (QED) is 0.534. The molecule has 1 saturated carbocycles. The zero-order valence-electron chi connectivity index (χ0n) is 18.3. The summed E-state index contributed by atoms with van der Waals surface area (Å²) >= 11 is 0. The molecule has 1 aliphatic carbocycles. The molecule has 0 unspecified atom stereocenters. The first-order valence-corrected chi connectivity index (χ1v) is 11.6. The van der Waals surface area contributed by atoms with Gasteiger partial charge in [0.25, 0.3) is 0 Å². The van der Waals surface area contributed by atoms with E-state index in [-0.39, 0.29) is 5.91 Å². The highest BCUT2D eigenvalue weighted by atomic mass is 16.2. The number of carbonyl (C=O) groups is 1. The zero-order valence-corrected chi connectivity index (χ0v) is 18.3. The second-order valence-electron chi connectivity index (χ2n) is 8.83. The number of aromatic nitrogens is 2. The van der Waals surface area contributed by atoms with E-state index in [9.17, 15) is 4.79 Å². The maximum absolute atomic E-state index is 12.6. The van der Waals surface area contributed by atoms with Crippen LogP contribution < -0.4 is 4.90 Å². The SMILES string of the molecule is CCCC(=O)N(Cc1cccc(-c2ccc3ncnc(N4CCCC4)c3c2)c1)C1CC1. The smallest absolute Gasteiger partial charge is 0.223 e. The number of hydrogen-bond acceptors (Lipinski definition) is 4. The van der Waals surface area contributed by atoms with E-state index >= 15 is 0 Å². The fourth-order valence-electron chi connectivity index (χ4n) is 4.61. The summed E-state index contributed by atoms with van der Waals surface area (Å²) < 4.78 is 0. The number of fused-ring (bicyclic) bond motifs is 1. The predicted octanol–water partition coefficient (Wildman–Crippen LogP) is 5.19. The molecule has 0 atom stereocenters. The lowest BCUT2D eigenvalue weighted by atomic mass is 10.0. The van der Waals surface area contributed by atoms with Crippen molar-refractivity contribution >= 4 is 22.6 Å². The van der Waals surface area contributed by atoms with E-state index < -0.39 is 0 Å². The number of carbonyl (C=O) groups excluding carboxylic acids is 1. The number of anilines is 1. The second-order valence-corrected chi connectivity index (χ2v) is 8.83. The standard InChI is InChI=1S/C26H30N4O/c1-2-6-25(31)30(22-10-11-22)17-19-7-5-8-20(15-19)21-9-12-24-23(16-21)26(28-18-27-24)29-13-3-4-14-29/h5,7-9,12,15-16,18,22H,2-4,6,10-11,13-14,17H2,1H3. The molecule has 0 spiro atoms. The lowest BCUT2D eigenvalue weighted by molar-refractivity contribution is -0.132. The van der Waals surface area contributed by atoms with Gasteiger partial charge in [0.1, 0.15) is 12.1 Å². The Morgan fingerprint density at radius 1 is 1.06 bits per heavy atom. The number of nitrogens with zero attached hydrogens (tertiary/aromatic N) is 4. The fourth-order valence-corrected chi connectivity index (χ4v) is 4.61. The summed E-state index contributed by atoms with van der Waals surface area (Å²) in [6.45, 7) is 4.90. The van der Waals surface area contributed by atoms with Crippen LogP contribution in [0.3, 0.4) is 0 Å². The van der Waals surface area contributed by atoms with Crippen LogP contribution in [0.4, 0.5) is 5.82 Å². The average molecular weight is 415 g/mol. The van der Waals surface area contributed by atoms with Crippen molar-refractivity contribution in [2.24, 2.45) is 0 Å². The summed E-state index contributed by atoms with van der Waals surface area (Å²) in [6, 6.07) is 15.5. The third-order valence-corrected chi connectivity index (χ3v) is 6.40. The van der Waals surface area contributed by atoms with E-state index in [1.807, 2.05) is 0 Å². The highest BCUT2D eigenvalue weighted by Crippen LogP contribution is 2.32. The molecule has 31 heavy (non-hydrogen) atoms. The van der Waals surface area contributed by atoms with Crippen molar-refractivity contribution in [3.8, 4) is 11.1 Å². The van der Waals surface area contributed by atoms with Crippen molar-refractivity contribution in [1.29, 1.82) is 0 Å². The Balaban J connectivity index is 1.45. The van der Waals surface area contributed by atoms with Crippen LogP contribution in [0.25, 0.3) is 22.0 Å². The highest BCUT2D eigenvalue weighted by Gasteiger charge is 2.32. The van der Waals surface area contributed by atoms with E-state index in [4.69, 9.17) is 0 Å². The molecular formula is C26H30N4O. The third kappa shape index (κ3) is 4.27. The van der Waals surface area contributed by atoms with Crippen molar-refractivity contribution in [3.05, 3.63) is 54.4 Å². The molecule has 1 aromatic heterocycles. The fraction of sp³-hybridized carbons (Fsp3) is 0.423. The van der Waals surface area contributed by atoms with Crippen LogP contribution in [0.5, 0.6) is 0 Å². The molecule has 0 N–H and O–H groups in total. The predicted molar refractivity (Wildman–Crippen MR) is 125 cm³/mol. The molecule has 160 valence electrons. The van der Waals surface area contributed by atoms with Gasteiger partial charge >= 0.3 is 0 Å². The van der Waals surface area contributed by atoms with Gasteiger partial charge in [0.15, 0.2) is 0 Å². The first-order valence-electron chi connectivity index (χ1n) is 11.6. The van der Waals surface area contributed by atoms with Crippen molar-refractivity contribution in [2.75, 3.05) is 18.0 Å². The van der Waals surface area contributed by atoms with E-state index in [2.05, 4.69) is 69.2 Å². The number of amides is 1. The molecule has 2 fully saturated rings. The Kier molecular flexibility index (Phi) is 5.58. The van der Waals surface area contributed by atoms with Crippen molar-refractivity contribution < 1.29 is 4.79 Å². The summed E-state index contributed by atoms with van der Waals surface area (Å²) in [5.74, 6) is 1.33. The Bertz CT molecular complexity index is 1090. The topological polar surface area (TPSA) is 49.3 Å². The van der Waals surface area contributed by atoms with Crippen LogP contribution in [0, 0.1) is 0 Å². The Morgan fingerprint density at radius 3 is 2.65 bits per heavy atom. The minimum Gasteiger partial charge on any atom is -0.356 e. The lowest BCUT2D eigenvalue weighted by Crippen LogP contribution is -2.32. The van der Waals surface area contributed by atoms with Gasteiger partial charge < -0.3 is 9.80 Å². The van der Waals surface area contributed by atoms with Gasteiger partial charge in [-0.1, -0.05) is 31.2 Å². The van der Waals surface area contributed by atoms with E-state index in [1.165, 1.54) is 29.5 Å². The molecule has 0 radical (unpaired) electrons. The Labute approximate surface area is 184 Å². The van der Waals surface area contributed by atoms with E-state index in [0.29, 0.717) is 19.0 Å². The zero-order chi connectivity index (χ0) is 21.2. The van der Waals surface area contributed by atoms with Gasteiger partial charge in [-0.2, -0.15) is 0 Å². The van der Waals surface area contributed by atoms with Gasteiger partial charge in [-0.05, 0) is 67.0 Å². The average Bonchev–Trinajstić information content (AvgIpc) is 3.50. The van der Waals surface area contributed by atoms with Gasteiger partial charge in [-0.25, -0.2) is 9.97 Å². The molecule has 1 saturated heterocycles. The summed E-state index contributed by atoms with van der Waals surface area (Å²) in [5.41, 5.74) is 4.52. The first kappa shape index (κ1) is 20.0. The van der Waals surface area contributed by atoms with Crippen molar-refractivity contribution in [2.45, 2.75) is 58.0 Å². The van der Waals surface area contributed by atoms with Crippen LogP contribution in [0.2, 0.25) is 0 Å². The van der Waals surface area contributed by atoms with Gasteiger partial charge in [-0.3, -0.25) is 4.79 Å². The van der Waals surface area contributed by atoms with Crippen LogP contribution in [-0.2, 0) is 11.3 Å². The summed E-state index contributed by atoms with van der Waals surface area (Å²) in [4.78, 5) is 26.2. The second kappa shape index (κ2) is 8.66. The van der Waals surface area contributed by atoms with Gasteiger partial charge in [0.05, 0.1) is 5.52 Å². The van der Waals surface area contributed by atoms with Crippen LogP contribution in [-0.4, -0.2) is 39.9 Å². The number of benzene rings is 2. The Hall–Kier alpha value is -2.95. The van der Waals surface area contributed by atoms with Crippen molar-refractivity contribution in [3.63, 3.8) is 0 Å². The normalized spacial score (nSPS) is 16.1. The molecule has 2 aliphatic rings. The molecule has 3 aromatic rings. The molecule has 1 aliphatic heterocycles. The van der Waals surface area contributed by atoms with Crippen LogP contribution in [0.15, 0.2) is 48.8 Å². The first-order chi connectivity index (χ1) is 15.2. The van der Waals surface area contributed by atoms with Crippen LogP contribution >= 0.6 is 0 Å². The molecule has 2 aromatic carbocycles. The highest BCUT2D eigenvalue weighted by molar-refractivity contribution is 5.93. The van der Waals surface area contributed by atoms with Gasteiger partial charge in [0.2, 0.25) is 5.91 Å². The monoisotopic (exact) mass is 414 g/mol. The molecule has 5 heteroatoms. The summed E-state index contributed by atoms with van der Waals surface area (Å²) in [5, 5.41) is 1.12. The van der Waals surface area contributed by atoms with Crippen molar-refractivity contribution in [1.82, 2.24) is 14.9 Å². The van der Waals surface area contributed by atoms with Crippen LogP contribution in [0.1, 0.15) is 51.0 Å².